The molecule has 9 rings (SSSR count). The van der Waals surface area contributed by atoms with E-state index in [0.717, 1.165) is 77.7 Å². The zero-order valence-corrected chi connectivity index (χ0v) is 39.8. The maximum atomic E-state index is 6.31. The molecule has 0 fully saturated rings. The highest BCUT2D eigenvalue weighted by atomic mass is 32.2. The van der Waals surface area contributed by atoms with Crippen molar-refractivity contribution in [3.8, 4) is 51.4 Å². The van der Waals surface area contributed by atoms with Gasteiger partial charge in [0.05, 0.1) is 29.9 Å². The van der Waals surface area contributed by atoms with Gasteiger partial charge in [-0.2, -0.15) is 0 Å². The molecular weight excluding hydrogens is 877 g/mol. The topological polar surface area (TPSA) is 61.6 Å². The molecule has 0 amide bonds. The van der Waals surface area contributed by atoms with E-state index >= 15 is 0 Å². The van der Waals surface area contributed by atoms with Gasteiger partial charge in [0.1, 0.15) is 40.2 Å². The van der Waals surface area contributed by atoms with Crippen LogP contribution in [0, 0.1) is 6.92 Å². The van der Waals surface area contributed by atoms with Gasteiger partial charge in [0.2, 0.25) is 0 Å². The van der Waals surface area contributed by atoms with Crippen molar-refractivity contribution < 1.29 is 18.9 Å². The molecule has 0 saturated carbocycles. The molecule has 334 valence electrons. The van der Waals surface area contributed by atoms with Crippen LogP contribution in [-0.2, 0) is 0 Å². The fourth-order valence-electron chi connectivity index (χ4n) is 7.51. The number of nitrogens with zero attached hydrogens (tertiary/aromatic N) is 2. The average molecular weight is 925 g/mol. The van der Waals surface area contributed by atoms with Gasteiger partial charge in [-0.05, 0) is 188 Å². The largest absolute Gasteiger partial charge is 0.497 e. The van der Waals surface area contributed by atoms with Gasteiger partial charge in [-0.1, -0.05) is 66.2 Å². The number of rotatable bonds is 16. The Balaban J connectivity index is 0.882. The van der Waals surface area contributed by atoms with Crippen LogP contribution in [0.3, 0.4) is 0 Å². The number of methoxy groups -OCH3 is 1. The summed E-state index contributed by atoms with van der Waals surface area (Å²) in [4.78, 5) is 12.6. The predicted molar refractivity (Wildman–Crippen MR) is 283 cm³/mol. The van der Waals surface area contributed by atoms with Crippen LogP contribution < -0.4 is 18.9 Å². The molecule has 68 heavy (non-hydrogen) atoms. The summed E-state index contributed by atoms with van der Waals surface area (Å²) in [7, 11) is 1.67. The first-order valence-electron chi connectivity index (χ1n) is 22.1. The van der Waals surface area contributed by atoms with Gasteiger partial charge in [0, 0.05) is 32.0 Å². The number of aliphatic imine (C=N–C) groups is 2. The molecule has 0 unspecified atom stereocenters. The molecular formula is C60H48N2O4S2. The fourth-order valence-corrected chi connectivity index (χ4v) is 8.59. The van der Waals surface area contributed by atoms with Crippen molar-refractivity contribution in [2.45, 2.75) is 16.7 Å². The summed E-state index contributed by atoms with van der Waals surface area (Å²) in [5.74, 6) is 5.10. The molecule has 0 N–H and O–H groups in total. The number of benzene rings is 9. The first-order valence-corrected chi connectivity index (χ1v) is 24.6. The zero-order chi connectivity index (χ0) is 46.7. The highest BCUT2D eigenvalue weighted by Crippen LogP contribution is 2.34. The van der Waals surface area contributed by atoms with Gasteiger partial charge in [-0.3, -0.25) is 0 Å². The second-order valence-corrected chi connectivity index (χ2v) is 17.4. The zero-order valence-electron chi connectivity index (χ0n) is 38.1. The van der Waals surface area contributed by atoms with Crippen LogP contribution in [0.15, 0.2) is 238 Å². The van der Waals surface area contributed by atoms with Crippen molar-refractivity contribution in [3.63, 3.8) is 0 Å². The first-order chi connectivity index (χ1) is 33.4. The first kappa shape index (κ1) is 45.4. The Bertz CT molecular complexity index is 3150. The molecule has 9 aromatic rings. The number of aryl methyl sites for hydroxylation is 1. The van der Waals surface area contributed by atoms with Gasteiger partial charge in [-0.25, -0.2) is 9.98 Å². The Morgan fingerprint density at radius 3 is 0.941 bits per heavy atom. The second-order valence-electron chi connectivity index (χ2n) is 15.7. The van der Waals surface area contributed by atoms with E-state index in [9.17, 15) is 0 Å². The van der Waals surface area contributed by atoms with E-state index < -0.39 is 0 Å². The Hall–Kier alpha value is -7.78. The van der Waals surface area contributed by atoms with E-state index in [1.165, 1.54) is 11.1 Å². The Morgan fingerprint density at radius 1 is 0.338 bits per heavy atom. The molecule has 0 aromatic heterocycles. The number of thioether (sulfide) groups is 2. The Kier molecular flexibility index (Phi) is 14.5. The molecule has 0 saturated heterocycles. The van der Waals surface area contributed by atoms with Crippen molar-refractivity contribution in [2.75, 3.05) is 19.6 Å². The maximum absolute atomic E-state index is 6.31. The van der Waals surface area contributed by atoms with Gasteiger partial charge in [-0.15, -0.1) is 23.5 Å². The standard InChI is InChI=1S/C60H48N2O4S2/c1-41-13-15-42(16-14-41)43-17-29-49(30-18-43)64-50-31-21-46(22-32-50)60(62-56-10-6-8-12-58(56)68-4)47-25-35-52(36-26-47)66-54-39-37-53(38-40-54)65-51-33-23-45(24-34-51)59(44-19-27-48(63-2)28-20-44)61-55-9-5-7-11-57(55)67-3/h5-40H,1-4H3. The third-order valence-corrected chi connectivity index (χ3v) is 12.7. The van der Waals surface area contributed by atoms with Crippen LogP contribution in [0.1, 0.15) is 27.8 Å². The molecule has 0 spiro atoms. The van der Waals surface area contributed by atoms with Crippen molar-refractivity contribution in [1.82, 2.24) is 0 Å². The van der Waals surface area contributed by atoms with Crippen LogP contribution >= 0.6 is 23.5 Å². The Labute approximate surface area is 407 Å². The van der Waals surface area contributed by atoms with Crippen molar-refractivity contribution in [1.29, 1.82) is 0 Å². The lowest BCUT2D eigenvalue weighted by molar-refractivity contribution is 0.415. The molecule has 0 bridgehead atoms. The summed E-state index contributed by atoms with van der Waals surface area (Å²) in [6, 6.07) is 72.8. The van der Waals surface area contributed by atoms with Crippen molar-refractivity contribution >= 4 is 46.3 Å². The van der Waals surface area contributed by atoms with E-state index in [2.05, 4.69) is 80.1 Å². The molecule has 0 aliphatic heterocycles. The summed E-state index contributed by atoms with van der Waals surface area (Å²) in [5.41, 5.74) is 11.0. The summed E-state index contributed by atoms with van der Waals surface area (Å²) in [6.07, 6.45) is 4.13. The molecule has 9 aromatic carbocycles. The number of hydrogen-bond donors (Lipinski definition) is 0. The van der Waals surface area contributed by atoms with Gasteiger partial charge in [0.15, 0.2) is 0 Å². The van der Waals surface area contributed by atoms with Crippen molar-refractivity contribution in [3.05, 3.63) is 246 Å². The molecule has 0 aliphatic carbocycles. The number of para-hydroxylation sites is 2. The monoisotopic (exact) mass is 924 g/mol. The van der Waals surface area contributed by atoms with Crippen LogP contribution in [0.25, 0.3) is 11.1 Å². The SMILES string of the molecule is COc1ccc(C(=Nc2ccccc2SC)c2ccc(Oc3ccc(Oc4ccc(C(=Nc5ccccc5SC)c5ccc(Oc6ccc(-c7ccc(C)cc7)cc6)cc5)cc4)cc3)cc2)cc1. The van der Waals surface area contributed by atoms with E-state index in [0.29, 0.717) is 23.0 Å². The third kappa shape index (κ3) is 11.2. The second kappa shape index (κ2) is 21.7. The Morgan fingerprint density at radius 2 is 0.618 bits per heavy atom. The molecule has 0 aliphatic rings. The lowest BCUT2D eigenvalue weighted by Gasteiger charge is -2.13. The minimum atomic E-state index is 0.689. The lowest BCUT2D eigenvalue weighted by atomic mass is 10.0. The quantitative estimate of drug-likeness (QED) is 0.0711. The third-order valence-electron chi connectivity index (χ3n) is 11.2. The fraction of sp³-hybridized carbons (Fsp3) is 0.0667. The summed E-state index contributed by atoms with van der Waals surface area (Å²) in [6.45, 7) is 2.10. The van der Waals surface area contributed by atoms with Crippen LogP contribution in [0.2, 0.25) is 0 Å². The van der Waals surface area contributed by atoms with E-state index in [1.807, 2.05) is 158 Å². The van der Waals surface area contributed by atoms with Gasteiger partial charge in [0.25, 0.3) is 0 Å². The van der Waals surface area contributed by atoms with Gasteiger partial charge >= 0.3 is 0 Å². The molecule has 8 heteroatoms. The molecule has 0 radical (unpaired) electrons. The summed E-state index contributed by atoms with van der Waals surface area (Å²) >= 11 is 3.35. The smallest absolute Gasteiger partial charge is 0.127 e. The van der Waals surface area contributed by atoms with Crippen molar-refractivity contribution in [2.24, 2.45) is 9.98 Å². The number of hydrogen-bond acceptors (Lipinski definition) is 8. The summed E-state index contributed by atoms with van der Waals surface area (Å²) in [5, 5.41) is 0. The number of ether oxygens (including phenoxy) is 4. The minimum Gasteiger partial charge on any atom is -0.497 e. The van der Waals surface area contributed by atoms with E-state index in [1.54, 1.807) is 30.6 Å². The molecule has 0 atom stereocenters. The van der Waals surface area contributed by atoms with Gasteiger partial charge < -0.3 is 18.9 Å². The van der Waals surface area contributed by atoms with Crippen LogP contribution in [-0.4, -0.2) is 31.0 Å². The maximum Gasteiger partial charge on any atom is 0.127 e. The van der Waals surface area contributed by atoms with Crippen LogP contribution in [0.4, 0.5) is 11.4 Å². The highest BCUT2D eigenvalue weighted by molar-refractivity contribution is 7.99. The van der Waals surface area contributed by atoms with E-state index in [4.69, 9.17) is 28.9 Å². The highest BCUT2D eigenvalue weighted by Gasteiger charge is 2.14. The predicted octanol–water partition coefficient (Wildman–Crippen LogP) is 16.8. The lowest BCUT2D eigenvalue weighted by Crippen LogP contribution is -2.03. The van der Waals surface area contributed by atoms with E-state index in [-0.39, 0.29) is 0 Å². The van der Waals surface area contributed by atoms with Crippen LogP contribution in [0.5, 0.6) is 40.2 Å². The molecule has 0 heterocycles. The average Bonchev–Trinajstić information content (AvgIpc) is 3.39. The minimum absolute atomic E-state index is 0.689. The normalized spacial score (nSPS) is 11.5. The summed E-state index contributed by atoms with van der Waals surface area (Å²) < 4.78 is 24.3. The molecule has 6 nitrogen and oxygen atoms in total.